The Morgan fingerprint density at radius 2 is 1.93 bits per heavy atom. The summed E-state index contributed by atoms with van der Waals surface area (Å²) in [5.74, 6) is 0.850. The lowest BCUT2D eigenvalue weighted by Crippen LogP contribution is -2.07. The Kier molecular flexibility index (Phi) is 5.71. The Labute approximate surface area is 185 Å². The van der Waals surface area contributed by atoms with E-state index in [9.17, 15) is 0 Å². The van der Waals surface area contributed by atoms with Crippen molar-refractivity contribution in [3.63, 3.8) is 0 Å². The zero-order valence-corrected chi connectivity index (χ0v) is 19.3. The first-order valence-corrected chi connectivity index (χ1v) is 11.2. The predicted molar refractivity (Wildman–Crippen MR) is 125 cm³/mol. The van der Waals surface area contributed by atoms with E-state index in [0.29, 0.717) is 0 Å². The molecule has 0 spiro atoms. The summed E-state index contributed by atoms with van der Waals surface area (Å²) >= 11 is 3.33. The minimum atomic E-state index is 0.0784. The lowest BCUT2D eigenvalue weighted by Gasteiger charge is -2.19. The molecule has 0 aliphatic rings. The molecular weight excluding hydrogens is 414 g/mol. The standard InChI is InChI=1S/C22H25N5OS2/c1-22(2,3)29-20-14-27-18(12-23-21(27)10-19(20)28-5)15-7-6-8-16(9-15)25-30-17-11-24-26(4)13-17/h6-14,25H,1-5H3. The number of imidazole rings is 1. The number of thioether (sulfide) groups is 1. The monoisotopic (exact) mass is 439 g/mol. The van der Waals surface area contributed by atoms with E-state index in [1.54, 1.807) is 35.5 Å². The van der Waals surface area contributed by atoms with Gasteiger partial charge in [0.2, 0.25) is 0 Å². The van der Waals surface area contributed by atoms with Crippen molar-refractivity contribution in [3.05, 3.63) is 55.1 Å². The maximum Gasteiger partial charge on any atom is 0.140 e. The molecule has 0 aliphatic carbocycles. The van der Waals surface area contributed by atoms with Crippen LogP contribution in [0.3, 0.4) is 0 Å². The fraction of sp³-hybridized carbons (Fsp3) is 0.273. The van der Waals surface area contributed by atoms with Crippen LogP contribution in [0.2, 0.25) is 0 Å². The maximum absolute atomic E-state index is 5.62. The number of anilines is 1. The van der Waals surface area contributed by atoms with Crippen molar-refractivity contribution in [1.29, 1.82) is 0 Å². The molecule has 0 radical (unpaired) electrons. The molecule has 30 heavy (non-hydrogen) atoms. The quantitative estimate of drug-likeness (QED) is 0.305. The number of aromatic nitrogens is 4. The highest BCUT2D eigenvalue weighted by molar-refractivity contribution is 8.00. The molecule has 8 heteroatoms. The third kappa shape index (κ3) is 4.60. The van der Waals surface area contributed by atoms with Crippen LogP contribution < -0.4 is 9.46 Å². The molecule has 0 saturated heterocycles. The van der Waals surface area contributed by atoms with E-state index in [-0.39, 0.29) is 4.75 Å². The number of nitrogens with one attached hydrogen (secondary N) is 1. The summed E-state index contributed by atoms with van der Waals surface area (Å²) in [6.07, 6.45) is 7.85. The van der Waals surface area contributed by atoms with Crippen LogP contribution in [-0.4, -0.2) is 31.0 Å². The van der Waals surface area contributed by atoms with Crippen molar-refractivity contribution < 1.29 is 4.74 Å². The second kappa shape index (κ2) is 8.28. The zero-order valence-electron chi connectivity index (χ0n) is 17.7. The molecule has 0 bridgehead atoms. The summed E-state index contributed by atoms with van der Waals surface area (Å²) in [6.45, 7) is 6.60. The van der Waals surface area contributed by atoms with Crippen LogP contribution in [0.15, 0.2) is 64.9 Å². The van der Waals surface area contributed by atoms with Gasteiger partial charge in [-0.05, 0) is 24.1 Å². The SMILES string of the molecule is COc1cc2ncc(-c3cccc(NSc4cnn(C)c4)c3)n2cc1SC(C)(C)C. The number of hydrogen-bond donors (Lipinski definition) is 1. The minimum Gasteiger partial charge on any atom is -0.495 e. The van der Waals surface area contributed by atoms with Crippen molar-refractivity contribution in [2.75, 3.05) is 11.8 Å². The van der Waals surface area contributed by atoms with Crippen LogP contribution in [0.25, 0.3) is 16.9 Å². The van der Waals surface area contributed by atoms with Crippen LogP contribution >= 0.6 is 23.7 Å². The van der Waals surface area contributed by atoms with Crippen molar-refractivity contribution in [2.45, 2.75) is 35.3 Å². The van der Waals surface area contributed by atoms with Gasteiger partial charge in [0.1, 0.15) is 11.4 Å². The highest BCUT2D eigenvalue weighted by atomic mass is 32.2. The van der Waals surface area contributed by atoms with E-state index in [1.807, 2.05) is 31.7 Å². The number of benzene rings is 1. The van der Waals surface area contributed by atoms with Crippen LogP contribution in [-0.2, 0) is 7.05 Å². The number of fused-ring (bicyclic) bond motifs is 1. The van der Waals surface area contributed by atoms with Crippen LogP contribution in [0.4, 0.5) is 5.69 Å². The Balaban J connectivity index is 1.66. The van der Waals surface area contributed by atoms with Gasteiger partial charge in [0.05, 0.1) is 35.0 Å². The highest BCUT2D eigenvalue weighted by Crippen LogP contribution is 2.39. The average Bonchev–Trinajstić information content (AvgIpc) is 3.30. The molecule has 1 N–H and O–H groups in total. The molecule has 0 saturated carbocycles. The summed E-state index contributed by atoms with van der Waals surface area (Å²) in [5, 5.41) is 4.20. The van der Waals surface area contributed by atoms with Gasteiger partial charge in [-0.1, -0.05) is 32.9 Å². The second-order valence-electron chi connectivity index (χ2n) is 7.93. The largest absolute Gasteiger partial charge is 0.495 e. The number of aryl methyl sites for hydroxylation is 1. The van der Waals surface area contributed by atoms with Crippen LogP contribution in [0.5, 0.6) is 5.75 Å². The van der Waals surface area contributed by atoms with Gasteiger partial charge in [0, 0.05) is 41.5 Å². The van der Waals surface area contributed by atoms with Gasteiger partial charge in [-0.2, -0.15) is 5.10 Å². The predicted octanol–water partition coefficient (Wildman–Crippen LogP) is 5.75. The van der Waals surface area contributed by atoms with E-state index in [2.05, 4.69) is 70.4 Å². The van der Waals surface area contributed by atoms with Gasteiger partial charge >= 0.3 is 0 Å². The van der Waals surface area contributed by atoms with Crippen LogP contribution in [0.1, 0.15) is 20.8 Å². The number of hydrogen-bond acceptors (Lipinski definition) is 6. The summed E-state index contributed by atoms with van der Waals surface area (Å²) in [4.78, 5) is 6.76. The first kappa shape index (κ1) is 20.7. The van der Waals surface area contributed by atoms with Gasteiger partial charge in [0.15, 0.2) is 0 Å². The number of methoxy groups -OCH3 is 1. The van der Waals surface area contributed by atoms with Crippen molar-refractivity contribution >= 4 is 35.0 Å². The maximum atomic E-state index is 5.62. The smallest absolute Gasteiger partial charge is 0.140 e. The Hall–Kier alpha value is -2.58. The lowest BCUT2D eigenvalue weighted by atomic mass is 10.1. The summed E-state index contributed by atoms with van der Waals surface area (Å²) in [6, 6.07) is 10.3. The normalized spacial score (nSPS) is 11.8. The third-order valence-corrected chi connectivity index (χ3v) is 6.26. The fourth-order valence-corrected chi connectivity index (χ4v) is 4.81. The number of nitrogens with zero attached hydrogens (tertiary/aromatic N) is 4. The van der Waals surface area contributed by atoms with E-state index >= 15 is 0 Å². The molecule has 0 fully saturated rings. The third-order valence-electron chi connectivity index (χ3n) is 4.34. The van der Waals surface area contributed by atoms with Gasteiger partial charge in [-0.25, -0.2) is 4.98 Å². The van der Waals surface area contributed by atoms with E-state index in [1.165, 1.54) is 0 Å². The fourth-order valence-electron chi connectivity index (χ4n) is 3.08. The number of rotatable bonds is 6. The Morgan fingerprint density at radius 3 is 2.63 bits per heavy atom. The number of ether oxygens (including phenoxy) is 1. The zero-order chi connectivity index (χ0) is 21.3. The van der Waals surface area contributed by atoms with E-state index < -0.39 is 0 Å². The minimum absolute atomic E-state index is 0.0784. The molecule has 0 unspecified atom stereocenters. The molecule has 4 aromatic rings. The molecule has 6 nitrogen and oxygen atoms in total. The molecule has 4 rings (SSSR count). The summed E-state index contributed by atoms with van der Waals surface area (Å²) in [5.41, 5.74) is 4.02. The molecular formula is C22H25N5OS2. The molecule has 3 aromatic heterocycles. The molecule has 1 aromatic carbocycles. The van der Waals surface area contributed by atoms with Gasteiger partial charge < -0.3 is 9.46 Å². The van der Waals surface area contributed by atoms with Crippen molar-refractivity contribution in [2.24, 2.45) is 7.05 Å². The average molecular weight is 440 g/mol. The molecule has 0 aliphatic heterocycles. The first-order valence-electron chi connectivity index (χ1n) is 9.58. The summed E-state index contributed by atoms with van der Waals surface area (Å²) < 4.78 is 13.0. The summed E-state index contributed by atoms with van der Waals surface area (Å²) in [7, 11) is 3.62. The Morgan fingerprint density at radius 1 is 1.10 bits per heavy atom. The van der Waals surface area contributed by atoms with E-state index in [0.717, 1.165) is 38.1 Å². The molecule has 3 heterocycles. The van der Waals surface area contributed by atoms with Gasteiger partial charge in [-0.15, -0.1) is 11.8 Å². The molecule has 0 atom stereocenters. The number of pyridine rings is 1. The highest BCUT2D eigenvalue weighted by Gasteiger charge is 2.18. The first-order chi connectivity index (χ1) is 14.3. The van der Waals surface area contributed by atoms with E-state index in [4.69, 9.17) is 4.74 Å². The Bertz CT molecular complexity index is 1180. The second-order valence-corrected chi connectivity index (χ2v) is 10.7. The lowest BCUT2D eigenvalue weighted by molar-refractivity contribution is 0.404. The molecule has 156 valence electrons. The van der Waals surface area contributed by atoms with Crippen molar-refractivity contribution in [3.8, 4) is 17.0 Å². The van der Waals surface area contributed by atoms with Crippen LogP contribution in [0, 0.1) is 0 Å². The van der Waals surface area contributed by atoms with Gasteiger partial charge in [0.25, 0.3) is 0 Å². The van der Waals surface area contributed by atoms with Crippen molar-refractivity contribution in [1.82, 2.24) is 19.2 Å². The molecule has 0 amide bonds. The van der Waals surface area contributed by atoms with Gasteiger partial charge in [-0.3, -0.25) is 9.08 Å². The topological polar surface area (TPSA) is 56.4 Å².